The number of hydrogen-bond donors (Lipinski definition) is 0. The lowest BCUT2D eigenvalue weighted by Crippen LogP contribution is -1.96. The molecule has 2 aromatic heterocycles. The Morgan fingerprint density at radius 3 is 2.65 bits per heavy atom. The van der Waals surface area contributed by atoms with Crippen molar-refractivity contribution in [2.24, 2.45) is 4.99 Å². The Morgan fingerprint density at radius 2 is 2.00 bits per heavy atom. The molecule has 4 heteroatoms. The molecule has 0 aromatic carbocycles. The normalized spacial score (nSPS) is 10.3. The lowest BCUT2D eigenvalue weighted by Gasteiger charge is -2.13. The topological polar surface area (TPSA) is 38.1 Å². The van der Waals surface area contributed by atoms with Gasteiger partial charge < -0.3 is 0 Å². The molecule has 0 amide bonds. The smallest absolute Gasteiger partial charge is 0.129 e. The van der Waals surface area contributed by atoms with E-state index in [2.05, 4.69) is 35.2 Å². The molecule has 0 atom stereocenters. The summed E-state index contributed by atoms with van der Waals surface area (Å²) in [5.41, 5.74) is 5.56. The first kappa shape index (κ1) is 14.4. The van der Waals surface area contributed by atoms with E-state index in [1.807, 2.05) is 19.1 Å². The average Bonchev–Trinajstić information content (AvgIpc) is 2.46. The molecular formula is C16H16ClN3. The minimum absolute atomic E-state index is 0.467. The summed E-state index contributed by atoms with van der Waals surface area (Å²) in [4.78, 5) is 12.4. The molecule has 0 saturated heterocycles. The van der Waals surface area contributed by atoms with Crippen LogP contribution in [0.2, 0.25) is 5.15 Å². The molecular weight excluding hydrogens is 270 g/mol. The van der Waals surface area contributed by atoms with Crippen LogP contribution in [-0.2, 0) is 6.42 Å². The molecule has 0 aliphatic carbocycles. The Balaban J connectivity index is 2.74. The van der Waals surface area contributed by atoms with E-state index in [1.54, 1.807) is 12.4 Å². The molecule has 0 unspecified atom stereocenters. The van der Waals surface area contributed by atoms with Gasteiger partial charge >= 0.3 is 0 Å². The van der Waals surface area contributed by atoms with Crippen molar-refractivity contribution in [3.63, 3.8) is 0 Å². The van der Waals surface area contributed by atoms with Crippen molar-refractivity contribution in [1.82, 2.24) is 9.97 Å². The second-order valence-corrected chi connectivity index (χ2v) is 4.88. The van der Waals surface area contributed by atoms with Gasteiger partial charge in [-0.25, -0.2) is 4.98 Å². The van der Waals surface area contributed by atoms with Gasteiger partial charge in [0, 0.05) is 23.7 Å². The van der Waals surface area contributed by atoms with Gasteiger partial charge in [0.25, 0.3) is 0 Å². The molecule has 0 fully saturated rings. The van der Waals surface area contributed by atoms with Crippen LogP contribution in [0.5, 0.6) is 0 Å². The largest absolute Gasteiger partial charge is 0.265 e. The molecule has 2 heterocycles. The molecule has 0 bridgehead atoms. The third kappa shape index (κ3) is 2.78. The molecule has 3 nitrogen and oxygen atoms in total. The van der Waals surface area contributed by atoms with Crippen LogP contribution >= 0.6 is 11.6 Å². The van der Waals surface area contributed by atoms with Crippen molar-refractivity contribution in [3.8, 4) is 11.1 Å². The Morgan fingerprint density at radius 1 is 1.25 bits per heavy atom. The zero-order valence-electron chi connectivity index (χ0n) is 11.7. The number of aliphatic imine (C=N–C) groups is 1. The number of pyridine rings is 2. The maximum Gasteiger partial charge on any atom is 0.129 e. The fraction of sp³-hybridized carbons (Fsp3) is 0.188. The molecule has 20 heavy (non-hydrogen) atoms. The summed E-state index contributed by atoms with van der Waals surface area (Å²) in [6.07, 6.45) is 4.45. The van der Waals surface area contributed by atoms with Crippen LogP contribution in [0.4, 0.5) is 0 Å². The summed E-state index contributed by atoms with van der Waals surface area (Å²) >= 11 is 6.04. The van der Waals surface area contributed by atoms with Gasteiger partial charge in [-0.2, -0.15) is 0 Å². The van der Waals surface area contributed by atoms with E-state index in [1.165, 1.54) is 0 Å². The number of halogens is 1. The van der Waals surface area contributed by atoms with E-state index in [4.69, 9.17) is 11.6 Å². The Hall–Kier alpha value is -2.00. The van der Waals surface area contributed by atoms with Gasteiger partial charge in [0.2, 0.25) is 0 Å². The molecule has 2 rings (SSSR count). The number of aromatic nitrogens is 2. The summed E-state index contributed by atoms with van der Waals surface area (Å²) in [7, 11) is 0. The maximum absolute atomic E-state index is 6.04. The molecule has 0 radical (unpaired) electrons. The second-order valence-electron chi connectivity index (χ2n) is 4.49. The van der Waals surface area contributed by atoms with Crippen molar-refractivity contribution < 1.29 is 0 Å². The summed E-state index contributed by atoms with van der Waals surface area (Å²) in [6, 6.07) is 3.88. The molecule has 102 valence electrons. The molecule has 0 aliphatic rings. The average molecular weight is 286 g/mol. The molecule has 0 saturated carbocycles. The highest BCUT2D eigenvalue weighted by atomic mass is 35.5. The van der Waals surface area contributed by atoms with Crippen LogP contribution in [0.3, 0.4) is 0 Å². The standard InChI is InChI=1S/C16H16ClN3/c1-5-12-8-20-16(17)7-13(12)14-6-10(2)19-9-15(14)11(3)18-4/h6-9H,3-5H2,1-2H3. The van der Waals surface area contributed by atoms with Crippen molar-refractivity contribution >= 4 is 24.0 Å². The summed E-state index contributed by atoms with van der Waals surface area (Å²) in [5, 5.41) is 0.467. The first-order valence-corrected chi connectivity index (χ1v) is 6.72. The van der Waals surface area contributed by atoms with Crippen LogP contribution in [0, 0.1) is 6.92 Å². The molecule has 0 N–H and O–H groups in total. The van der Waals surface area contributed by atoms with E-state index in [0.717, 1.165) is 34.4 Å². The zero-order chi connectivity index (χ0) is 14.7. The number of nitrogens with zero attached hydrogens (tertiary/aromatic N) is 3. The van der Waals surface area contributed by atoms with E-state index in [0.29, 0.717) is 10.9 Å². The first-order valence-electron chi connectivity index (χ1n) is 6.34. The Bertz CT molecular complexity index is 677. The van der Waals surface area contributed by atoms with Crippen LogP contribution in [0.25, 0.3) is 16.8 Å². The highest BCUT2D eigenvalue weighted by Gasteiger charge is 2.13. The van der Waals surface area contributed by atoms with E-state index in [9.17, 15) is 0 Å². The van der Waals surface area contributed by atoms with E-state index in [-0.39, 0.29) is 0 Å². The van der Waals surface area contributed by atoms with Crippen LogP contribution in [0.1, 0.15) is 23.7 Å². The van der Waals surface area contributed by atoms with E-state index < -0.39 is 0 Å². The van der Waals surface area contributed by atoms with Gasteiger partial charge in [-0.05, 0) is 48.9 Å². The van der Waals surface area contributed by atoms with Gasteiger partial charge in [-0.15, -0.1) is 0 Å². The maximum atomic E-state index is 6.04. The highest BCUT2D eigenvalue weighted by Crippen LogP contribution is 2.32. The van der Waals surface area contributed by atoms with Crippen molar-refractivity contribution in [2.75, 3.05) is 0 Å². The third-order valence-electron chi connectivity index (χ3n) is 3.17. The minimum Gasteiger partial charge on any atom is -0.265 e. The van der Waals surface area contributed by atoms with Crippen molar-refractivity contribution in [2.45, 2.75) is 20.3 Å². The SMILES string of the molecule is C=NC(=C)c1cnc(C)cc1-c1cc(Cl)ncc1CC. The number of rotatable bonds is 4. The van der Waals surface area contributed by atoms with Gasteiger partial charge in [-0.3, -0.25) is 9.98 Å². The third-order valence-corrected chi connectivity index (χ3v) is 3.37. The fourth-order valence-corrected chi connectivity index (χ4v) is 2.25. The van der Waals surface area contributed by atoms with Gasteiger partial charge in [-0.1, -0.05) is 25.1 Å². The number of hydrogen-bond acceptors (Lipinski definition) is 3. The monoisotopic (exact) mass is 285 g/mol. The van der Waals surface area contributed by atoms with Crippen LogP contribution in [0.15, 0.2) is 36.1 Å². The lowest BCUT2D eigenvalue weighted by atomic mass is 9.95. The molecule has 0 aliphatic heterocycles. The minimum atomic E-state index is 0.467. The quantitative estimate of drug-likeness (QED) is 0.619. The summed E-state index contributed by atoms with van der Waals surface area (Å²) in [5.74, 6) is 0. The Labute approximate surface area is 124 Å². The molecule has 0 spiro atoms. The van der Waals surface area contributed by atoms with Gasteiger partial charge in [0.1, 0.15) is 5.15 Å². The van der Waals surface area contributed by atoms with Gasteiger partial charge in [0.05, 0.1) is 5.70 Å². The fourth-order valence-electron chi connectivity index (χ4n) is 2.09. The van der Waals surface area contributed by atoms with E-state index >= 15 is 0 Å². The van der Waals surface area contributed by atoms with Crippen molar-refractivity contribution in [3.05, 3.63) is 53.1 Å². The van der Waals surface area contributed by atoms with Crippen LogP contribution in [-0.4, -0.2) is 16.7 Å². The first-order chi connectivity index (χ1) is 9.56. The van der Waals surface area contributed by atoms with Crippen LogP contribution < -0.4 is 0 Å². The van der Waals surface area contributed by atoms with Gasteiger partial charge in [0.15, 0.2) is 0 Å². The predicted molar refractivity (Wildman–Crippen MR) is 85.2 cm³/mol. The summed E-state index contributed by atoms with van der Waals surface area (Å²) < 4.78 is 0. The van der Waals surface area contributed by atoms with Crippen molar-refractivity contribution in [1.29, 1.82) is 0 Å². The Kier molecular flexibility index (Phi) is 4.30. The molecule has 2 aromatic rings. The predicted octanol–water partition coefficient (Wildman–Crippen LogP) is 4.34. The second kappa shape index (κ2) is 5.97. The number of aryl methyl sites for hydroxylation is 2. The summed E-state index contributed by atoms with van der Waals surface area (Å²) in [6.45, 7) is 11.5. The lowest BCUT2D eigenvalue weighted by molar-refractivity contribution is 1.10. The highest BCUT2D eigenvalue weighted by molar-refractivity contribution is 6.29. The zero-order valence-corrected chi connectivity index (χ0v) is 12.4.